The number of ether oxygens (including phenoxy) is 1. The Bertz CT molecular complexity index is 789. The zero-order chi connectivity index (χ0) is 18.5. The van der Waals surface area contributed by atoms with Crippen molar-refractivity contribution in [3.05, 3.63) is 59.7 Å². The molecule has 0 spiro atoms. The number of hydrogen-bond acceptors (Lipinski definition) is 4. The first-order valence-corrected chi connectivity index (χ1v) is 8.61. The average molecular weight is 353 g/mol. The Hall–Kier alpha value is -2.70. The maximum atomic E-state index is 12.6. The number of benzene rings is 2. The van der Waals surface area contributed by atoms with Gasteiger partial charge in [0.1, 0.15) is 6.04 Å². The molecule has 0 radical (unpaired) electrons. The summed E-state index contributed by atoms with van der Waals surface area (Å²) in [7, 11) is 1.50. The lowest BCUT2D eigenvalue weighted by atomic mass is 10.1. The van der Waals surface area contributed by atoms with Gasteiger partial charge in [-0.25, -0.2) is 0 Å². The summed E-state index contributed by atoms with van der Waals surface area (Å²) in [4.78, 5) is 26.3. The van der Waals surface area contributed by atoms with Crippen LogP contribution in [0.25, 0.3) is 0 Å². The number of rotatable bonds is 6. The third-order valence-corrected chi connectivity index (χ3v) is 4.45. The second-order valence-electron chi connectivity index (χ2n) is 6.35. The maximum absolute atomic E-state index is 12.6. The van der Waals surface area contributed by atoms with E-state index in [4.69, 9.17) is 10.5 Å². The fraction of sp³-hybridized carbons (Fsp3) is 0.300. The van der Waals surface area contributed by atoms with Crippen molar-refractivity contribution < 1.29 is 14.3 Å². The number of nitrogens with two attached hydrogens (primary N) is 1. The zero-order valence-corrected chi connectivity index (χ0v) is 14.8. The molecule has 0 aliphatic carbocycles. The van der Waals surface area contributed by atoms with Gasteiger partial charge in [0.25, 0.3) is 0 Å². The molecule has 2 amide bonds. The van der Waals surface area contributed by atoms with Crippen LogP contribution >= 0.6 is 0 Å². The molecule has 6 nitrogen and oxygen atoms in total. The van der Waals surface area contributed by atoms with Gasteiger partial charge in [-0.2, -0.15) is 0 Å². The highest BCUT2D eigenvalue weighted by atomic mass is 16.5. The molecular formula is C20H23N3O3. The monoisotopic (exact) mass is 353 g/mol. The summed E-state index contributed by atoms with van der Waals surface area (Å²) >= 11 is 0. The number of hydrogen-bond donors (Lipinski definition) is 2. The SMILES string of the molecule is COCC(N)C(=O)Nc1ccc(CC(=O)N2CCc3ccccc32)cc1. The molecule has 3 rings (SSSR count). The number of para-hydroxylation sites is 1. The van der Waals surface area contributed by atoms with E-state index in [9.17, 15) is 9.59 Å². The van der Waals surface area contributed by atoms with Crippen molar-refractivity contribution in [2.24, 2.45) is 5.73 Å². The lowest BCUT2D eigenvalue weighted by Gasteiger charge is -2.17. The molecule has 2 aromatic rings. The van der Waals surface area contributed by atoms with Crippen LogP contribution in [0.3, 0.4) is 0 Å². The molecule has 0 fully saturated rings. The summed E-state index contributed by atoms with van der Waals surface area (Å²) in [6.07, 6.45) is 1.22. The van der Waals surface area contributed by atoms with Gasteiger partial charge in [-0.1, -0.05) is 30.3 Å². The minimum absolute atomic E-state index is 0.0776. The van der Waals surface area contributed by atoms with Gasteiger partial charge in [-0.15, -0.1) is 0 Å². The Labute approximate surface area is 152 Å². The summed E-state index contributed by atoms with van der Waals surface area (Å²) in [5.41, 5.74) is 9.46. The molecule has 0 saturated heterocycles. The first kappa shape index (κ1) is 18.1. The van der Waals surface area contributed by atoms with E-state index in [0.717, 1.165) is 24.2 Å². The third-order valence-electron chi connectivity index (χ3n) is 4.45. The van der Waals surface area contributed by atoms with Crippen LogP contribution in [0.15, 0.2) is 48.5 Å². The number of nitrogens with zero attached hydrogens (tertiary/aromatic N) is 1. The summed E-state index contributed by atoms with van der Waals surface area (Å²) < 4.78 is 4.87. The normalized spacial score (nSPS) is 14.0. The minimum Gasteiger partial charge on any atom is -0.383 e. The van der Waals surface area contributed by atoms with Crippen LogP contribution in [0.5, 0.6) is 0 Å². The molecule has 6 heteroatoms. The molecule has 0 saturated carbocycles. The molecule has 26 heavy (non-hydrogen) atoms. The topological polar surface area (TPSA) is 84.7 Å². The molecule has 3 N–H and O–H groups in total. The predicted molar refractivity (Wildman–Crippen MR) is 101 cm³/mol. The van der Waals surface area contributed by atoms with Gasteiger partial charge in [0.05, 0.1) is 13.0 Å². The highest BCUT2D eigenvalue weighted by Gasteiger charge is 2.24. The van der Waals surface area contributed by atoms with Crippen molar-refractivity contribution in [3.63, 3.8) is 0 Å². The van der Waals surface area contributed by atoms with Crippen molar-refractivity contribution in [1.82, 2.24) is 0 Å². The summed E-state index contributed by atoms with van der Waals surface area (Å²) in [5, 5.41) is 2.74. The number of carbonyl (C=O) groups is 2. The van der Waals surface area contributed by atoms with Crippen LogP contribution < -0.4 is 16.0 Å². The standard InChI is InChI=1S/C20H23N3O3/c1-26-13-17(21)20(25)22-16-8-6-14(7-9-16)12-19(24)23-11-10-15-4-2-3-5-18(15)23/h2-9,17H,10-13,21H2,1H3,(H,22,25). The van der Waals surface area contributed by atoms with Gasteiger partial charge in [-0.05, 0) is 35.7 Å². The molecule has 136 valence electrons. The van der Waals surface area contributed by atoms with Crippen LogP contribution in [0, 0.1) is 0 Å². The summed E-state index contributed by atoms with van der Waals surface area (Å²) in [6, 6.07) is 14.5. The lowest BCUT2D eigenvalue weighted by molar-refractivity contribution is -0.119. The molecule has 0 bridgehead atoms. The van der Waals surface area contributed by atoms with Gasteiger partial charge >= 0.3 is 0 Å². The van der Waals surface area contributed by atoms with Gasteiger partial charge in [0, 0.05) is 25.0 Å². The van der Waals surface area contributed by atoms with E-state index in [1.165, 1.54) is 12.7 Å². The molecular weight excluding hydrogens is 330 g/mol. The smallest absolute Gasteiger partial charge is 0.243 e. The Kier molecular flexibility index (Phi) is 5.65. The van der Waals surface area contributed by atoms with Gasteiger partial charge in [0.15, 0.2) is 0 Å². The highest BCUT2D eigenvalue weighted by molar-refractivity contribution is 5.97. The molecule has 1 aliphatic rings. The van der Waals surface area contributed by atoms with Crippen LogP contribution in [-0.4, -0.2) is 38.1 Å². The predicted octanol–water partition coefficient (Wildman–Crippen LogP) is 1.73. The Morgan fingerprint density at radius 3 is 2.65 bits per heavy atom. The van der Waals surface area contributed by atoms with Crippen molar-refractivity contribution >= 4 is 23.2 Å². The quantitative estimate of drug-likeness (QED) is 0.828. The number of nitrogens with one attached hydrogen (secondary N) is 1. The minimum atomic E-state index is -0.712. The van der Waals surface area contributed by atoms with Gasteiger partial charge in [-0.3, -0.25) is 9.59 Å². The highest BCUT2D eigenvalue weighted by Crippen LogP contribution is 2.28. The van der Waals surface area contributed by atoms with Gasteiger partial charge < -0.3 is 20.7 Å². The molecule has 1 atom stereocenters. The van der Waals surface area contributed by atoms with Gasteiger partial charge in [0.2, 0.25) is 11.8 Å². The van der Waals surface area contributed by atoms with E-state index < -0.39 is 6.04 Å². The van der Waals surface area contributed by atoms with Crippen LogP contribution in [0.4, 0.5) is 11.4 Å². The van der Waals surface area contributed by atoms with E-state index >= 15 is 0 Å². The van der Waals surface area contributed by atoms with Crippen molar-refractivity contribution in [3.8, 4) is 0 Å². The average Bonchev–Trinajstić information content (AvgIpc) is 3.07. The first-order chi connectivity index (χ1) is 12.6. The Morgan fingerprint density at radius 2 is 1.92 bits per heavy atom. The number of anilines is 2. The second kappa shape index (κ2) is 8.12. The lowest BCUT2D eigenvalue weighted by Crippen LogP contribution is -2.39. The fourth-order valence-corrected chi connectivity index (χ4v) is 3.06. The summed E-state index contributed by atoms with van der Waals surface area (Å²) in [6.45, 7) is 0.888. The molecule has 1 heterocycles. The largest absolute Gasteiger partial charge is 0.383 e. The molecule has 0 aromatic heterocycles. The van der Waals surface area contributed by atoms with Crippen molar-refractivity contribution in [2.45, 2.75) is 18.9 Å². The van der Waals surface area contributed by atoms with E-state index in [1.807, 2.05) is 35.2 Å². The molecule has 1 aliphatic heterocycles. The number of amides is 2. The maximum Gasteiger partial charge on any atom is 0.243 e. The Morgan fingerprint density at radius 1 is 1.19 bits per heavy atom. The second-order valence-corrected chi connectivity index (χ2v) is 6.35. The first-order valence-electron chi connectivity index (χ1n) is 8.61. The van der Waals surface area contributed by atoms with E-state index in [-0.39, 0.29) is 18.4 Å². The van der Waals surface area contributed by atoms with E-state index in [1.54, 1.807) is 12.1 Å². The van der Waals surface area contributed by atoms with E-state index in [2.05, 4.69) is 11.4 Å². The zero-order valence-electron chi connectivity index (χ0n) is 14.8. The summed E-state index contributed by atoms with van der Waals surface area (Å²) in [5.74, 6) is -0.224. The Balaban J connectivity index is 1.59. The van der Waals surface area contributed by atoms with E-state index in [0.29, 0.717) is 12.1 Å². The van der Waals surface area contributed by atoms with Crippen molar-refractivity contribution in [1.29, 1.82) is 0 Å². The third kappa shape index (κ3) is 4.09. The van der Waals surface area contributed by atoms with Crippen LogP contribution in [0.2, 0.25) is 0 Å². The number of fused-ring (bicyclic) bond motifs is 1. The fourth-order valence-electron chi connectivity index (χ4n) is 3.06. The number of methoxy groups -OCH3 is 1. The van der Waals surface area contributed by atoms with Crippen molar-refractivity contribution in [2.75, 3.05) is 30.5 Å². The van der Waals surface area contributed by atoms with Crippen LogP contribution in [-0.2, 0) is 27.2 Å². The van der Waals surface area contributed by atoms with Crippen LogP contribution in [0.1, 0.15) is 11.1 Å². The molecule has 2 aromatic carbocycles. The molecule has 1 unspecified atom stereocenters. The number of carbonyl (C=O) groups excluding carboxylic acids is 2.